The molecule has 504 valence electrons. The van der Waals surface area contributed by atoms with Crippen LogP contribution < -0.4 is 99.5 Å². The molecule has 1 heterocycles. The van der Waals surface area contributed by atoms with Crippen LogP contribution >= 0.6 is 0 Å². The number of aliphatic carboxylic acids is 1. The number of carboxylic acids is 1. The Kier molecular flexibility index (Phi) is 35.8. The highest BCUT2D eigenvalue weighted by atomic mass is 16.4. The van der Waals surface area contributed by atoms with Crippen molar-refractivity contribution in [2.75, 3.05) is 45.9 Å². The first-order valence-corrected chi connectivity index (χ1v) is 29.3. The third-order valence-electron chi connectivity index (χ3n) is 14.4. The van der Waals surface area contributed by atoms with Crippen LogP contribution in [0.2, 0.25) is 0 Å². The van der Waals surface area contributed by atoms with Gasteiger partial charge in [0.1, 0.15) is 60.4 Å². The molecule has 0 aromatic heterocycles. The van der Waals surface area contributed by atoms with Gasteiger partial charge in [0.2, 0.25) is 65.0 Å². The normalized spacial score (nSPS) is 16.7. The molecule has 37 nitrogen and oxygen atoms in total. The van der Waals surface area contributed by atoms with Gasteiger partial charge in [-0.15, -0.1) is 0 Å². The number of unbranched alkanes of at least 4 members (excludes halogenated alkanes) is 1. The summed E-state index contributed by atoms with van der Waals surface area (Å²) >= 11 is 0. The van der Waals surface area contributed by atoms with Gasteiger partial charge in [-0.3, -0.25) is 67.7 Å². The van der Waals surface area contributed by atoms with Crippen LogP contribution in [0.1, 0.15) is 112 Å². The standard InChI is InChI=1S/C52H96N22O15/c1-6-25(3)38(47(86)69-29(13-14-35(54)77)42(81)67-30(15-19-62-50(56)57)40(79)65-23-36(78)74-22-10-12-34(74)49(88)89)72-44(83)32(17-21-64-52(60)61)70-48(87)39(26(4)7-2)73-45(84)33(24-75)71-41(80)28(11-8-9-18-53)66-43(82)31(16-20-63-51(58)59)68-46(85)37(55)27(5)76/h25-34,37-39,75-76H,6-24,53,55H2,1-5H3,(H2,54,77)(H,65,79)(H,66,82)(H,67,81)(H,68,85)(H,69,86)(H,70,87)(H,71,80)(H,72,83)(H,73,84)(H,88,89)(H4,56,57,62)(H4,58,59,63)(H4,60,61,64)/t25-,26-,27+,28-,29-,30-,31-,32-,33-,34-,37-,38-,39-/m0/s1. The number of hydrogen-bond donors (Lipinski definition) is 21. The summed E-state index contributed by atoms with van der Waals surface area (Å²) in [5.74, 6) is -14.1. The third-order valence-corrected chi connectivity index (χ3v) is 14.4. The number of carboxylic acid groups (broad SMARTS) is 1. The lowest BCUT2D eigenvalue weighted by Crippen LogP contribution is -2.62. The summed E-state index contributed by atoms with van der Waals surface area (Å²) in [7, 11) is 0. The van der Waals surface area contributed by atoms with Crippen molar-refractivity contribution in [1.82, 2.24) is 52.8 Å². The highest BCUT2D eigenvalue weighted by Crippen LogP contribution is 2.18. The molecule has 0 aliphatic carbocycles. The first kappa shape index (κ1) is 78.3. The molecule has 1 fully saturated rings. The van der Waals surface area contributed by atoms with Crippen LogP contribution in [-0.4, -0.2) is 221 Å². The topological polar surface area (TPSA) is 648 Å². The van der Waals surface area contributed by atoms with E-state index in [-0.39, 0.29) is 102 Å². The Morgan fingerprint density at radius 2 is 0.910 bits per heavy atom. The second-order valence-electron chi connectivity index (χ2n) is 21.4. The van der Waals surface area contributed by atoms with E-state index in [1.807, 2.05) is 0 Å². The molecule has 0 radical (unpaired) electrons. The zero-order valence-corrected chi connectivity index (χ0v) is 51.2. The Balaban J connectivity index is 3.57. The van der Waals surface area contributed by atoms with Gasteiger partial charge in [0.05, 0.1) is 19.3 Å². The Bertz CT molecular complexity index is 2490. The van der Waals surface area contributed by atoms with Crippen molar-refractivity contribution < 1.29 is 72.9 Å². The first-order chi connectivity index (χ1) is 41.8. The number of guanidine groups is 3. The smallest absolute Gasteiger partial charge is 0.326 e. The van der Waals surface area contributed by atoms with E-state index in [0.717, 1.165) is 4.90 Å². The molecular weight excluding hydrogens is 1170 g/mol. The number of nitrogens with two attached hydrogens (primary N) is 9. The summed E-state index contributed by atoms with van der Waals surface area (Å²) < 4.78 is 0. The van der Waals surface area contributed by atoms with Gasteiger partial charge < -0.3 is 120 Å². The number of aliphatic hydroxyl groups is 2. The van der Waals surface area contributed by atoms with E-state index in [9.17, 15) is 72.9 Å². The summed E-state index contributed by atoms with van der Waals surface area (Å²) in [4.78, 5) is 175. The minimum absolute atomic E-state index is 0.0588. The fourth-order valence-corrected chi connectivity index (χ4v) is 8.73. The van der Waals surface area contributed by atoms with E-state index in [1.165, 1.54) is 6.92 Å². The van der Waals surface area contributed by atoms with Crippen LogP contribution in [0, 0.1) is 11.8 Å². The van der Waals surface area contributed by atoms with Gasteiger partial charge in [-0.1, -0.05) is 40.5 Å². The summed E-state index contributed by atoms with van der Waals surface area (Å²) in [6, 6.07) is -14.8. The van der Waals surface area contributed by atoms with Crippen molar-refractivity contribution in [2.45, 2.75) is 178 Å². The van der Waals surface area contributed by atoms with Crippen LogP contribution in [0.4, 0.5) is 0 Å². The number of rotatable bonds is 42. The van der Waals surface area contributed by atoms with Gasteiger partial charge in [0, 0.05) is 32.6 Å². The molecular formula is C52H96N22O15. The molecule has 30 N–H and O–H groups in total. The lowest BCUT2D eigenvalue weighted by Gasteiger charge is -2.30. The third kappa shape index (κ3) is 28.8. The summed E-state index contributed by atoms with van der Waals surface area (Å²) in [5, 5.41) is 52.2. The van der Waals surface area contributed by atoms with E-state index in [4.69, 9.17) is 51.6 Å². The van der Waals surface area contributed by atoms with E-state index < -0.39 is 175 Å². The monoisotopic (exact) mass is 1270 g/mol. The predicted molar refractivity (Wildman–Crippen MR) is 324 cm³/mol. The Hall–Kier alpha value is -8.71. The Morgan fingerprint density at radius 1 is 0.528 bits per heavy atom. The number of primary amides is 1. The SMILES string of the molecule is CC[C@H](C)[C@H](NC(=O)[C@H](CCN=C(N)N)NC(=O)[C@@H](NC(=O)[C@H](CO)NC(=O)[C@H](CCCCN)NC(=O)[C@H](CCN=C(N)N)NC(=O)[C@@H](N)[C@@H](C)O)[C@@H](C)CC)C(=O)N[C@@H](CCC(N)=O)C(=O)N[C@@H](CCN=C(N)N)C(=O)NCC(=O)N1CCC[C@H]1C(=O)O. The molecule has 13 atom stereocenters. The zero-order chi connectivity index (χ0) is 67.7. The van der Waals surface area contributed by atoms with Crippen LogP contribution in [-0.2, 0) is 57.5 Å². The van der Waals surface area contributed by atoms with Gasteiger partial charge >= 0.3 is 5.97 Å². The van der Waals surface area contributed by atoms with Crippen LogP contribution in [0.25, 0.3) is 0 Å². The number of hydrogen-bond acceptors (Lipinski definition) is 19. The van der Waals surface area contributed by atoms with Crippen molar-refractivity contribution in [3.05, 3.63) is 0 Å². The van der Waals surface area contributed by atoms with E-state index >= 15 is 0 Å². The molecule has 37 heteroatoms. The molecule has 89 heavy (non-hydrogen) atoms. The quantitative estimate of drug-likeness (QED) is 0.0153. The largest absolute Gasteiger partial charge is 0.480 e. The van der Waals surface area contributed by atoms with Crippen molar-refractivity contribution in [3.63, 3.8) is 0 Å². The lowest BCUT2D eigenvalue weighted by molar-refractivity contribution is -0.148. The number of likely N-dealkylation sites (tertiary alicyclic amines) is 1. The number of nitrogens with one attached hydrogen (secondary N) is 9. The van der Waals surface area contributed by atoms with Crippen molar-refractivity contribution >= 4 is 88.8 Å². The zero-order valence-electron chi connectivity index (χ0n) is 51.2. The number of nitrogens with zero attached hydrogens (tertiary/aromatic N) is 4. The summed E-state index contributed by atoms with van der Waals surface area (Å²) in [5.41, 5.74) is 49.9. The molecule has 11 amide bonds. The maximum Gasteiger partial charge on any atom is 0.326 e. The van der Waals surface area contributed by atoms with Crippen LogP contribution in [0.15, 0.2) is 15.0 Å². The summed E-state index contributed by atoms with van der Waals surface area (Å²) in [6.07, 6.45) is -1.33. The Labute approximate surface area is 515 Å². The second-order valence-corrected chi connectivity index (χ2v) is 21.4. The van der Waals surface area contributed by atoms with Gasteiger partial charge in [0.15, 0.2) is 17.9 Å². The molecule has 0 spiro atoms. The summed E-state index contributed by atoms with van der Waals surface area (Å²) in [6.45, 7) is 5.74. The number of carbonyl (C=O) groups is 12. The van der Waals surface area contributed by atoms with Crippen molar-refractivity contribution in [1.29, 1.82) is 0 Å². The average Bonchev–Trinajstić information content (AvgIpc) is 3.05. The Morgan fingerprint density at radius 3 is 1.30 bits per heavy atom. The predicted octanol–water partition coefficient (Wildman–Crippen LogP) is -9.77. The average molecular weight is 1270 g/mol. The van der Waals surface area contributed by atoms with E-state index in [0.29, 0.717) is 12.8 Å². The number of carbonyl (C=O) groups excluding carboxylic acids is 11. The van der Waals surface area contributed by atoms with Gasteiger partial charge in [-0.05, 0) is 83.1 Å². The second kappa shape index (κ2) is 40.7. The van der Waals surface area contributed by atoms with Crippen LogP contribution in [0.5, 0.6) is 0 Å². The molecule has 0 unspecified atom stereocenters. The molecule has 1 aliphatic rings. The van der Waals surface area contributed by atoms with Crippen molar-refractivity contribution in [2.24, 2.45) is 78.4 Å². The number of aliphatic hydroxyl groups excluding tert-OH is 2. The van der Waals surface area contributed by atoms with E-state index in [2.05, 4.69) is 62.8 Å². The van der Waals surface area contributed by atoms with Gasteiger partial charge in [-0.25, -0.2) is 4.79 Å². The minimum Gasteiger partial charge on any atom is -0.480 e. The van der Waals surface area contributed by atoms with Gasteiger partial charge in [0.25, 0.3) is 0 Å². The molecule has 0 bridgehead atoms. The number of aliphatic imine (C=N–C) groups is 3. The van der Waals surface area contributed by atoms with E-state index in [1.54, 1.807) is 27.7 Å². The van der Waals surface area contributed by atoms with Gasteiger partial charge in [-0.2, -0.15) is 0 Å². The lowest BCUT2D eigenvalue weighted by atomic mass is 9.96. The molecule has 1 aliphatic heterocycles. The minimum atomic E-state index is -1.76. The number of amides is 11. The fourth-order valence-electron chi connectivity index (χ4n) is 8.73. The maximum absolute atomic E-state index is 14.4. The highest BCUT2D eigenvalue weighted by Gasteiger charge is 2.38. The fraction of sp³-hybridized carbons (Fsp3) is 0.712. The van der Waals surface area contributed by atoms with Crippen molar-refractivity contribution in [3.8, 4) is 0 Å². The molecule has 1 rings (SSSR count). The molecule has 0 aromatic rings. The molecule has 1 saturated heterocycles. The maximum atomic E-state index is 14.4. The first-order valence-electron chi connectivity index (χ1n) is 29.3. The highest BCUT2D eigenvalue weighted by molar-refractivity contribution is 5.99. The molecule has 0 aromatic carbocycles. The molecule has 0 saturated carbocycles. The van der Waals surface area contributed by atoms with Crippen LogP contribution in [0.3, 0.4) is 0 Å².